The van der Waals surface area contributed by atoms with Gasteiger partial charge in [-0.1, -0.05) is 59.1 Å². The number of urea groups is 1. The van der Waals surface area contributed by atoms with E-state index in [9.17, 15) is 19.6 Å². The Labute approximate surface area is 221 Å². The number of hydrogen-bond acceptors (Lipinski definition) is 5. The van der Waals surface area contributed by atoms with Gasteiger partial charge in [0, 0.05) is 10.6 Å². The Bertz CT molecular complexity index is 1470. The van der Waals surface area contributed by atoms with Gasteiger partial charge in [-0.05, 0) is 54.5 Å². The minimum absolute atomic E-state index is 0.0562. The van der Waals surface area contributed by atoms with Crippen molar-refractivity contribution in [2.24, 2.45) is 0 Å². The van der Waals surface area contributed by atoms with Gasteiger partial charge in [-0.2, -0.15) is 5.26 Å². The molecule has 1 aliphatic rings. The zero-order chi connectivity index (χ0) is 26.0. The lowest BCUT2D eigenvalue weighted by atomic mass is 10.1. The third-order valence-corrected chi connectivity index (χ3v) is 6.33. The van der Waals surface area contributed by atoms with Crippen LogP contribution >= 0.6 is 34.8 Å². The molecule has 0 atom stereocenters. The summed E-state index contributed by atoms with van der Waals surface area (Å²) in [6.07, 6.45) is 1.28. The van der Waals surface area contributed by atoms with Crippen LogP contribution in [0.15, 0.2) is 60.2 Å². The Balaban J connectivity index is 1.62. The molecule has 0 aliphatic carbocycles. The molecule has 36 heavy (non-hydrogen) atoms. The molecule has 0 unspecified atom stereocenters. The van der Waals surface area contributed by atoms with Gasteiger partial charge in [0.2, 0.25) is 0 Å². The summed E-state index contributed by atoms with van der Waals surface area (Å²) < 4.78 is 5.75. The van der Waals surface area contributed by atoms with Gasteiger partial charge in [0.1, 0.15) is 12.2 Å². The van der Waals surface area contributed by atoms with Gasteiger partial charge >= 0.3 is 6.03 Å². The molecule has 1 N–H and O–H groups in total. The predicted octanol–water partition coefficient (Wildman–Crippen LogP) is 6.07. The number of aryl methyl sites for hydroxylation is 1. The van der Waals surface area contributed by atoms with Gasteiger partial charge in [0.15, 0.2) is 5.75 Å². The molecule has 10 heteroatoms. The van der Waals surface area contributed by atoms with Crippen LogP contribution in [0.1, 0.15) is 22.3 Å². The van der Waals surface area contributed by atoms with Crippen LogP contribution in [0, 0.1) is 18.3 Å². The highest BCUT2D eigenvalue weighted by Gasteiger charge is 2.37. The van der Waals surface area contributed by atoms with Gasteiger partial charge in [0.25, 0.3) is 11.8 Å². The molecule has 180 valence electrons. The van der Waals surface area contributed by atoms with Crippen LogP contribution in [-0.2, 0) is 16.2 Å². The molecular formula is C26H16Cl3N3O4. The van der Waals surface area contributed by atoms with E-state index in [0.29, 0.717) is 21.7 Å². The molecule has 0 bridgehead atoms. The fourth-order valence-corrected chi connectivity index (χ4v) is 4.27. The van der Waals surface area contributed by atoms with Crippen molar-refractivity contribution in [2.45, 2.75) is 13.5 Å². The highest BCUT2D eigenvalue weighted by atomic mass is 35.5. The van der Waals surface area contributed by atoms with Crippen LogP contribution in [0.5, 0.6) is 5.75 Å². The van der Waals surface area contributed by atoms with E-state index < -0.39 is 17.8 Å². The molecule has 3 aromatic carbocycles. The van der Waals surface area contributed by atoms with E-state index in [-0.39, 0.29) is 33.7 Å². The van der Waals surface area contributed by atoms with Crippen molar-refractivity contribution in [1.82, 2.24) is 5.32 Å². The molecule has 0 aromatic heterocycles. The number of halogens is 3. The fraction of sp³-hybridized carbons (Fsp3) is 0.0769. The average molecular weight is 541 g/mol. The number of ether oxygens (including phenoxy) is 1. The SMILES string of the molecule is Cc1ccc(N2C(=O)NC(=O)/C(=C/c3cc(Cl)c(OCc4ccccc4C#N)c(Cl)c3)C2=O)cc1Cl. The van der Waals surface area contributed by atoms with Crippen molar-refractivity contribution in [3.05, 3.63) is 97.5 Å². The van der Waals surface area contributed by atoms with Gasteiger partial charge in [0.05, 0.1) is 27.4 Å². The van der Waals surface area contributed by atoms with Crippen molar-refractivity contribution in [3.8, 4) is 11.8 Å². The zero-order valence-corrected chi connectivity index (χ0v) is 20.9. The van der Waals surface area contributed by atoms with Crippen LogP contribution in [0.4, 0.5) is 10.5 Å². The molecule has 1 aliphatic heterocycles. The maximum atomic E-state index is 13.1. The fourth-order valence-electron chi connectivity index (χ4n) is 3.49. The van der Waals surface area contributed by atoms with Crippen molar-refractivity contribution in [3.63, 3.8) is 0 Å². The highest BCUT2D eigenvalue weighted by Crippen LogP contribution is 2.36. The minimum atomic E-state index is -0.889. The Kier molecular flexibility index (Phi) is 7.32. The van der Waals surface area contributed by atoms with Crippen molar-refractivity contribution < 1.29 is 19.1 Å². The lowest BCUT2D eigenvalue weighted by Gasteiger charge is -2.26. The molecule has 0 radical (unpaired) electrons. The van der Waals surface area contributed by atoms with Crippen molar-refractivity contribution >= 4 is 64.4 Å². The van der Waals surface area contributed by atoms with Crippen LogP contribution in [-0.4, -0.2) is 17.8 Å². The van der Waals surface area contributed by atoms with E-state index in [4.69, 9.17) is 39.5 Å². The van der Waals surface area contributed by atoms with Gasteiger partial charge in [-0.25, -0.2) is 9.69 Å². The Morgan fingerprint density at radius 3 is 2.36 bits per heavy atom. The van der Waals surface area contributed by atoms with Gasteiger partial charge < -0.3 is 4.74 Å². The van der Waals surface area contributed by atoms with Crippen LogP contribution in [0.3, 0.4) is 0 Å². The zero-order valence-electron chi connectivity index (χ0n) is 18.6. The number of carbonyl (C=O) groups is 3. The molecule has 7 nitrogen and oxygen atoms in total. The summed E-state index contributed by atoms with van der Waals surface area (Å²) in [4.78, 5) is 38.8. The van der Waals surface area contributed by atoms with E-state index in [2.05, 4.69) is 11.4 Å². The van der Waals surface area contributed by atoms with Crippen molar-refractivity contribution in [1.29, 1.82) is 5.26 Å². The number of rotatable bonds is 5. The first kappa shape index (κ1) is 25.3. The normalized spacial score (nSPS) is 14.6. The molecular weight excluding hydrogens is 525 g/mol. The quantitative estimate of drug-likeness (QED) is 0.313. The second-order valence-electron chi connectivity index (χ2n) is 7.76. The molecule has 1 saturated heterocycles. The topological polar surface area (TPSA) is 99.5 Å². The third kappa shape index (κ3) is 5.07. The molecule has 0 saturated carbocycles. The minimum Gasteiger partial charge on any atom is -0.486 e. The third-order valence-electron chi connectivity index (χ3n) is 5.36. The summed E-state index contributed by atoms with van der Waals surface area (Å²) in [5.74, 6) is -1.51. The first-order valence-electron chi connectivity index (χ1n) is 10.5. The summed E-state index contributed by atoms with van der Waals surface area (Å²) in [6, 6.07) is 15.8. The second kappa shape index (κ2) is 10.4. The predicted molar refractivity (Wildman–Crippen MR) is 137 cm³/mol. The molecule has 3 aromatic rings. The largest absolute Gasteiger partial charge is 0.486 e. The Morgan fingerprint density at radius 2 is 1.69 bits per heavy atom. The molecule has 4 amide bonds. The standard InChI is InChI=1S/C26H16Cl3N3O4/c1-14-6-7-18(11-20(14)27)32-25(34)19(24(33)31-26(32)35)8-15-9-21(28)23(22(29)10-15)36-13-17-5-3-2-4-16(17)12-30/h2-11H,13H2,1H3,(H,31,33,35)/b19-8-. The number of barbiturate groups is 1. The smallest absolute Gasteiger partial charge is 0.335 e. The summed E-state index contributed by atoms with van der Waals surface area (Å²) in [5.41, 5.74) is 2.13. The van der Waals surface area contributed by atoms with Crippen LogP contribution < -0.4 is 15.0 Å². The number of amides is 4. The van der Waals surface area contributed by atoms with E-state index in [1.807, 2.05) is 0 Å². The number of anilines is 1. The maximum Gasteiger partial charge on any atom is 0.335 e. The number of benzene rings is 3. The summed E-state index contributed by atoms with van der Waals surface area (Å²) >= 11 is 18.9. The number of hydrogen-bond donors (Lipinski definition) is 1. The van der Waals surface area contributed by atoms with E-state index in [1.54, 1.807) is 43.3 Å². The van der Waals surface area contributed by atoms with E-state index >= 15 is 0 Å². The van der Waals surface area contributed by atoms with Crippen LogP contribution in [0.25, 0.3) is 6.08 Å². The maximum absolute atomic E-state index is 13.1. The average Bonchev–Trinajstić information content (AvgIpc) is 2.83. The van der Waals surface area contributed by atoms with Gasteiger partial charge in [-0.3, -0.25) is 14.9 Å². The highest BCUT2D eigenvalue weighted by molar-refractivity contribution is 6.40. The van der Waals surface area contributed by atoms with E-state index in [1.165, 1.54) is 24.3 Å². The van der Waals surface area contributed by atoms with Gasteiger partial charge in [-0.15, -0.1) is 0 Å². The lowest BCUT2D eigenvalue weighted by Crippen LogP contribution is -2.54. The first-order valence-corrected chi connectivity index (χ1v) is 11.6. The van der Waals surface area contributed by atoms with Crippen LogP contribution in [0.2, 0.25) is 15.1 Å². The lowest BCUT2D eigenvalue weighted by molar-refractivity contribution is -0.122. The monoisotopic (exact) mass is 539 g/mol. The number of nitriles is 1. The number of imide groups is 2. The van der Waals surface area contributed by atoms with E-state index in [0.717, 1.165) is 10.5 Å². The summed E-state index contributed by atoms with van der Waals surface area (Å²) in [7, 11) is 0. The molecule has 1 fully saturated rings. The Hall–Kier alpha value is -3.83. The number of nitrogens with zero attached hydrogens (tertiary/aromatic N) is 2. The van der Waals surface area contributed by atoms with Crippen molar-refractivity contribution in [2.75, 3.05) is 4.90 Å². The number of nitrogens with one attached hydrogen (secondary N) is 1. The molecule has 4 rings (SSSR count). The summed E-state index contributed by atoms with van der Waals surface area (Å²) in [5, 5.41) is 12.0. The Morgan fingerprint density at radius 1 is 1.00 bits per heavy atom. The second-order valence-corrected chi connectivity index (χ2v) is 8.98. The number of carbonyl (C=O) groups excluding carboxylic acids is 3. The molecule has 0 spiro atoms. The summed E-state index contributed by atoms with van der Waals surface area (Å²) in [6.45, 7) is 1.84. The molecule has 1 heterocycles. The first-order chi connectivity index (χ1) is 17.2.